The second kappa shape index (κ2) is 5.60. The first kappa shape index (κ1) is 13.7. The molecular formula is C16H23FN2O. The van der Waals surface area contributed by atoms with Crippen LogP contribution < -0.4 is 9.64 Å². The molecule has 0 radical (unpaired) electrons. The molecule has 0 aromatic heterocycles. The predicted octanol–water partition coefficient (Wildman–Crippen LogP) is 2.90. The summed E-state index contributed by atoms with van der Waals surface area (Å²) in [5, 5.41) is 0. The van der Waals surface area contributed by atoms with Crippen LogP contribution in [-0.4, -0.2) is 43.7 Å². The minimum absolute atomic E-state index is 0.288. The van der Waals surface area contributed by atoms with Crippen LogP contribution in [0.25, 0.3) is 0 Å². The fraction of sp³-hybridized carbons (Fsp3) is 0.625. The van der Waals surface area contributed by atoms with Crippen molar-refractivity contribution in [3.05, 3.63) is 24.0 Å². The highest BCUT2D eigenvalue weighted by atomic mass is 19.1. The lowest BCUT2D eigenvalue weighted by atomic mass is 10.0. The molecule has 2 unspecified atom stereocenters. The van der Waals surface area contributed by atoms with Crippen molar-refractivity contribution in [3.63, 3.8) is 0 Å². The number of hydrogen-bond acceptors (Lipinski definition) is 3. The highest BCUT2D eigenvalue weighted by molar-refractivity contribution is 5.53. The quantitative estimate of drug-likeness (QED) is 0.845. The van der Waals surface area contributed by atoms with Crippen molar-refractivity contribution in [2.45, 2.75) is 38.3 Å². The van der Waals surface area contributed by atoms with E-state index >= 15 is 0 Å². The molecule has 0 bridgehead atoms. The van der Waals surface area contributed by atoms with E-state index in [2.05, 4.69) is 16.7 Å². The number of fused-ring (bicyclic) bond motifs is 1. The molecule has 1 aromatic carbocycles. The maximum Gasteiger partial charge on any atom is 0.165 e. The molecule has 20 heavy (non-hydrogen) atoms. The summed E-state index contributed by atoms with van der Waals surface area (Å²) in [5.74, 6) is 0.0509. The van der Waals surface area contributed by atoms with Gasteiger partial charge in [0.05, 0.1) is 7.11 Å². The third kappa shape index (κ3) is 2.37. The maximum absolute atomic E-state index is 13.6. The summed E-state index contributed by atoms with van der Waals surface area (Å²) in [4.78, 5) is 5.06. The molecule has 4 heteroatoms. The van der Waals surface area contributed by atoms with Gasteiger partial charge in [-0.3, -0.25) is 4.90 Å². The van der Waals surface area contributed by atoms with Crippen molar-refractivity contribution in [1.82, 2.24) is 4.90 Å². The van der Waals surface area contributed by atoms with Crippen LogP contribution in [-0.2, 0) is 0 Å². The molecule has 2 atom stereocenters. The molecule has 0 saturated carbocycles. The van der Waals surface area contributed by atoms with Crippen LogP contribution in [0, 0.1) is 5.82 Å². The molecule has 0 N–H and O–H groups in total. The van der Waals surface area contributed by atoms with Gasteiger partial charge in [-0.05, 0) is 37.9 Å². The van der Waals surface area contributed by atoms with Crippen LogP contribution in [0.2, 0.25) is 0 Å². The molecule has 2 saturated heterocycles. The summed E-state index contributed by atoms with van der Waals surface area (Å²) in [7, 11) is 1.52. The summed E-state index contributed by atoms with van der Waals surface area (Å²) >= 11 is 0. The highest BCUT2D eigenvalue weighted by Crippen LogP contribution is 2.32. The number of nitrogens with zero attached hydrogens (tertiary/aromatic N) is 2. The number of methoxy groups -OCH3 is 1. The summed E-state index contributed by atoms with van der Waals surface area (Å²) in [6.45, 7) is 5.64. The summed E-state index contributed by atoms with van der Waals surface area (Å²) in [6, 6.07) is 6.41. The van der Waals surface area contributed by atoms with E-state index in [1.807, 2.05) is 12.1 Å². The fourth-order valence-electron chi connectivity index (χ4n) is 3.58. The summed E-state index contributed by atoms with van der Waals surface area (Å²) in [6.07, 6.45) is 3.70. The molecular weight excluding hydrogens is 255 g/mol. The second-order valence-electron chi connectivity index (χ2n) is 5.82. The van der Waals surface area contributed by atoms with Crippen molar-refractivity contribution in [2.75, 3.05) is 31.6 Å². The topological polar surface area (TPSA) is 15.7 Å². The van der Waals surface area contributed by atoms with Crippen LogP contribution in [0.1, 0.15) is 26.2 Å². The van der Waals surface area contributed by atoms with Crippen LogP contribution in [0.5, 0.6) is 5.75 Å². The Balaban J connectivity index is 1.86. The van der Waals surface area contributed by atoms with Crippen LogP contribution in [0.3, 0.4) is 0 Å². The van der Waals surface area contributed by atoms with Crippen molar-refractivity contribution in [3.8, 4) is 5.75 Å². The number of rotatable bonds is 3. The molecule has 0 spiro atoms. The van der Waals surface area contributed by atoms with Crippen LogP contribution in [0.15, 0.2) is 18.2 Å². The number of ether oxygens (including phenoxy) is 1. The Morgan fingerprint density at radius 2 is 2.20 bits per heavy atom. The monoisotopic (exact) mass is 278 g/mol. The molecule has 2 fully saturated rings. The van der Waals surface area contributed by atoms with Gasteiger partial charge in [0.2, 0.25) is 0 Å². The van der Waals surface area contributed by atoms with Gasteiger partial charge < -0.3 is 9.64 Å². The van der Waals surface area contributed by atoms with E-state index in [-0.39, 0.29) is 5.82 Å². The fourth-order valence-corrected chi connectivity index (χ4v) is 3.58. The van der Waals surface area contributed by atoms with Crippen molar-refractivity contribution >= 4 is 5.69 Å². The highest BCUT2D eigenvalue weighted by Gasteiger charge is 2.35. The first-order valence-electron chi connectivity index (χ1n) is 7.57. The molecule has 0 amide bonds. The molecule has 1 aromatic rings. The van der Waals surface area contributed by atoms with E-state index in [1.165, 1.54) is 32.6 Å². The van der Waals surface area contributed by atoms with E-state index in [0.29, 0.717) is 17.8 Å². The lowest BCUT2D eigenvalue weighted by Gasteiger charge is -2.45. The summed E-state index contributed by atoms with van der Waals surface area (Å²) < 4.78 is 18.7. The van der Waals surface area contributed by atoms with E-state index in [1.54, 1.807) is 0 Å². The summed E-state index contributed by atoms with van der Waals surface area (Å²) in [5.41, 5.74) is 1.08. The molecule has 3 rings (SSSR count). The molecule has 110 valence electrons. The molecule has 0 aliphatic carbocycles. The zero-order valence-corrected chi connectivity index (χ0v) is 12.3. The minimum atomic E-state index is -0.288. The number of hydrogen-bond donors (Lipinski definition) is 0. The standard InChI is InChI=1S/C16H23FN2O/c1-3-12-10-18-8-4-5-14(18)11-19(12)13-6-7-15(17)16(9-13)20-2/h6-7,9,12,14H,3-5,8,10-11H2,1-2H3. The van der Waals surface area contributed by atoms with Gasteiger partial charge in [0, 0.05) is 36.9 Å². The van der Waals surface area contributed by atoms with Crippen molar-refractivity contribution in [1.29, 1.82) is 0 Å². The first-order chi connectivity index (χ1) is 9.72. The van der Waals surface area contributed by atoms with E-state index in [0.717, 1.165) is 25.2 Å². The third-order valence-electron chi connectivity index (χ3n) is 4.73. The van der Waals surface area contributed by atoms with E-state index in [4.69, 9.17) is 4.74 Å². The lowest BCUT2D eigenvalue weighted by molar-refractivity contribution is 0.194. The number of halogens is 1. The zero-order valence-electron chi connectivity index (χ0n) is 12.3. The van der Waals surface area contributed by atoms with Gasteiger partial charge in [-0.25, -0.2) is 4.39 Å². The largest absolute Gasteiger partial charge is 0.494 e. The van der Waals surface area contributed by atoms with E-state index in [9.17, 15) is 4.39 Å². The molecule has 2 aliphatic heterocycles. The number of benzene rings is 1. The Kier molecular flexibility index (Phi) is 3.83. The zero-order chi connectivity index (χ0) is 14.1. The average Bonchev–Trinajstić information content (AvgIpc) is 2.93. The Labute approximate surface area is 120 Å². The third-order valence-corrected chi connectivity index (χ3v) is 4.73. The normalized spacial score (nSPS) is 26.6. The average molecular weight is 278 g/mol. The molecule has 2 heterocycles. The van der Waals surface area contributed by atoms with Gasteiger partial charge in [-0.2, -0.15) is 0 Å². The number of piperazine rings is 1. The minimum Gasteiger partial charge on any atom is -0.494 e. The van der Waals surface area contributed by atoms with Gasteiger partial charge in [0.1, 0.15) is 0 Å². The molecule has 3 nitrogen and oxygen atoms in total. The SMILES string of the molecule is CCC1CN2CCCC2CN1c1ccc(F)c(OC)c1. The Hall–Kier alpha value is -1.29. The van der Waals surface area contributed by atoms with Gasteiger partial charge in [0.25, 0.3) is 0 Å². The van der Waals surface area contributed by atoms with Gasteiger partial charge in [-0.15, -0.1) is 0 Å². The first-order valence-corrected chi connectivity index (χ1v) is 7.57. The second-order valence-corrected chi connectivity index (χ2v) is 5.82. The van der Waals surface area contributed by atoms with Crippen molar-refractivity contribution in [2.24, 2.45) is 0 Å². The van der Waals surface area contributed by atoms with Gasteiger partial charge >= 0.3 is 0 Å². The lowest BCUT2D eigenvalue weighted by Crippen LogP contribution is -2.56. The van der Waals surface area contributed by atoms with Crippen LogP contribution in [0.4, 0.5) is 10.1 Å². The molecule has 2 aliphatic rings. The van der Waals surface area contributed by atoms with Crippen LogP contribution >= 0.6 is 0 Å². The van der Waals surface area contributed by atoms with Gasteiger partial charge in [0.15, 0.2) is 11.6 Å². The predicted molar refractivity (Wildman–Crippen MR) is 79.0 cm³/mol. The Bertz CT molecular complexity index is 480. The number of anilines is 1. The smallest absolute Gasteiger partial charge is 0.165 e. The maximum atomic E-state index is 13.6. The van der Waals surface area contributed by atoms with Crippen molar-refractivity contribution < 1.29 is 9.13 Å². The van der Waals surface area contributed by atoms with E-state index < -0.39 is 0 Å². The Morgan fingerprint density at radius 1 is 1.35 bits per heavy atom. The Morgan fingerprint density at radius 3 is 2.95 bits per heavy atom. The van der Waals surface area contributed by atoms with Gasteiger partial charge in [-0.1, -0.05) is 6.92 Å².